The van der Waals surface area contributed by atoms with Gasteiger partial charge in [-0.25, -0.2) is 4.39 Å². The number of nitrogens with two attached hydrogens (primary N) is 1. The fourth-order valence-electron chi connectivity index (χ4n) is 3.63. The van der Waals surface area contributed by atoms with Gasteiger partial charge in [0.1, 0.15) is 18.2 Å². The monoisotopic (exact) mass is 561 g/mol. The van der Waals surface area contributed by atoms with Crippen LogP contribution in [0.5, 0.6) is 5.75 Å². The lowest BCUT2D eigenvalue weighted by atomic mass is 10.1. The van der Waals surface area contributed by atoms with E-state index in [1.54, 1.807) is 30.3 Å². The predicted molar refractivity (Wildman–Crippen MR) is 144 cm³/mol. The normalized spacial score (nSPS) is 16.1. The number of carboxylic acids is 1. The molecule has 1 aromatic heterocycles. The lowest BCUT2D eigenvalue weighted by Gasteiger charge is -2.21. The number of aliphatic imine (C=N–C) groups is 1. The Morgan fingerprint density at radius 3 is 2.60 bits per heavy atom. The molecular weight excluding hydrogens is 529 g/mol. The number of aliphatic carboxylic acids is 1. The number of nitrogens with zero attached hydrogens (tertiary/aromatic N) is 1. The predicted octanol–water partition coefficient (Wildman–Crippen LogP) is -0.448. The molecule has 3 aromatic rings. The minimum Gasteiger partial charge on any atom is -0.508 e. The molecule has 2 aromatic carbocycles. The van der Waals surface area contributed by atoms with Crippen molar-refractivity contribution in [3.8, 4) is 5.75 Å². The van der Waals surface area contributed by atoms with Crippen LogP contribution in [0.25, 0.3) is 10.9 Å². The summed E-state index contributed by atoms with van der Waals surface area (Å²) in [7, 11) is 0. The third-order valence-electron chi connectivity index (χ3n) is 5.57. The summed E-state index contributed by atoms with van der Waals surface area (Å²) in [6.07, 6.45) is -3.27. The van der Waals surface area contributed by atoms with Crippen LogP contribution in [0.3, 0.4) is 0 Å². The number of carboxylic acid groups (broad SMARTS) is 1. The molecular formula is C25H32FN7O7. The highest BCUT2D eigenvalue weighted by atomic mass is 19.1. The molecule has 14 nitrogen and oxygen atoms in total. The number of fused-ring (bicyclic) bond motifs is 1. The van der Waals surface area contributed by atoms with E-state index in [-0.39, 0.29) is 37.5 Å². The molecule has 0 aliphatic carbocycles. The first-order valence-electron chi connectivity index (χ1n) is 12.2. The molecule has 0 saturated heterocycles. The van der Waals surface area contributed by atoms with Crippen LogP contribution in [-0.2, 0) is 9.59 Å². The maximum Gasteiger partial charge on any atom is 0.305 e. The molecule has 0 radical (unpaired) electrons. The molecule has 40 heavy (non-hydrogen) atoms. The molecule has 0 bridgehead atoms. The summed E-state index contributed by atoms with van der Waals surface area (Å²) in [5.74, 6) is -1.64. The van der Waals surface area contributed by atoms with E-state index in [1.807, 2.05) is 0 Å². The number of aliphatic hydroxyl groups excluding tert-OH is 3. The largest absolute Gasteiger partial charge is 0.508 e. The standard InChI is InChI=1S/C16H23N5O6.C9H9FN2O/c22-11-4-9(15(27)18-8-13(24)17-2-1-14(25)26)3-10(5-11)21-16-19-6-12(23)7-20-16;10-7-5-3-1-2-4-6(5)12-8(7)9(11)13/h3-5,12,15,18,22-23,27H,1-2,6-8H2,(H,17,24)(H,25,26)(H2,19,20,21);1-4,9,12-13H,11H2. The molecule has 216 valence electrons. The maximum atomic E-state index is 13.4. The highest BCUT2D eigenvalue weighted by Gasteiger charge is 2.16. The van der Waals surface area contributed by atoms with Crippen molar-refractivity contribution in [1.82, 2.24) is 20.9 Å². The Bertz CT molecular complexity index is 1350. The average Bonchev–Trinajstić information content (AvgIpc) is 3.25. The van der Waals surface area contributed by atoms with Crippen LogP contribution in [0.4, 0.5) is 10.1 Å². The van der Waals surface area contributed by atoms with Crippen molar-refractivity contribution in [3.05, 3.63) is 59.5 Å². The van der Waals surface area contributed by atoms with Crippen molar-refractivity contribution in [2.45, 2.75) is 25.0 Å². The Morgan fingerprint density at radius 1 is 1.20 bits per heavy atom. The van der Waals surface area contributed by atoms with Crippen molar-refractivity contribution < 1.29 is 39.5 Å². The lowest BCUT2D eigenvalue weighted by molar-refractivity contribution is -0.136. The number of guanidine groups is 1. The molecule has 1 aliphatic rings. The smallest absolute Gasteiger partial charge is 0.305 e. The van der Waals surface area contributed by atoms with E-state index in [9.17, 15) is 29.3 Å². The minimum absolute atomic E-state index is 0.00402. The van der Waals surface area contributed by atoms with Gasteiger partial charge in [0.15, 0.2) is 11.8 Å². The SMILES string of the molecule is NC(O)c1[nH]c2ccccc2c1F.O=C(O)CCNC(=O)CNC(O)c1cc(O)cc(NC2=NCC(O)CN2)c1. The quantitative estimate of drug-likeness (QED) is 0.150. The van der Waals surface area contributed by atoms with Gasteiger partial charge >= 0.3 is 5.97 Å². The van der Waals surface area contributed by atoms with Crippen molar-refractivity contribution in [2.24, 2.45) is 10.7 Å². The Labute approximate surface area is 227 Å². The summed E-state index contributed by atoms with van der Waals surface area (Å²) in [6.45, 7) is 0.363. The molecule has 1 aliphatic heterocycles. The summed E-state index contributed by atoms with van der Waals surface area (Å²) >= 11 is 0. The number of aliphatic hydroxyl groups is 3. The van der Waals surface area contributed by atoms with Crippen molar-refractivity contribution in [1.29, 1.82) is 0 Å². The van der Waals surface area contributed by atoms with Crippen molar-refractivity contribution in [3.63, 3.8) is 0 Å². The summed E-state index contributed by atoms with van der Waals surface area (Å²) in [5.41, 5.74) is 6.60. The van der Waals surface area contributed by atoms with E-state index in [0.717, 1.165) is 0 Å². The van der Waals surface area contributed by atoms with Crippen LogP contribution in [-0.4, -0.2) is 80.6 Å². The van der Waals surface area contributed by atoms with E-state index in [0.29, 0.717) is 34.7 Å². The van der Waals surface area contributed by atoms with Crippen LogP contribution in [0, 0.1) is 5.82 Å². The molecule has 3 atom stereocenters. The van der Waals surface area contributed by atoms with E-state index in [1.165, 1.54) is 12.1 Å². The van der Waals surface area contributed by atoms with Gasteiger partial charge < -0.3 is 52.2 Å². The zero-order chi connectivity index (χ0) is 29.2. The van der Waals surface area contributed by atoms with E-state index >= 15 is 0 Å². The number of halogens is 1. The molecule has 0 saturated carbocycles. The van der Waals surface area contributed by atoms with E-state index in [2.05, 4.69) is 31.2 Å². The van der Waals surface area contributed by atoms with Gasteiger partial charge in [0.05, 0.1) is 31.3 Å². The Hall–Kier alpha value is -4.28. The minimum atomic E-state index is -1.30. The number of benzene rings is 2. The van der Waals surface area contributed by atoms with E-state index in [4.69, 9.17) is 15.9 Å². The van der Waals surface area contributed by atoms with Crippen LogP contribution < -0.4 is 27.0 Å². The zero-order valence-electron chi connectivity index (χ0n) is 21.3. The summed E-state index contributed by atoms with van der Waals surface area (Å²) < 4.78 is 13.4. The maximum absolute atomic E-state index is 13.4. The lowest BCUT2D eigenvalue weighted by Crippen LogP contribution is -2.42. The van der Waals surface area contributed by atoms with E-state index < -0.39 is 36.3 Å². The van der Waals surface area contributed by atoms with Gasteiger partial charge in [0.2, 0.25) is 5.91 Å². The third-order valence-corrected chi connectivity index (χ3v) is 5.57. The fourth-order valence-corrected chi connectivity index (χ4v) is 3.63. The number of rotatable bonds is 9. The van der Waals surface area contributed by atoms with Crippen LogP contribution >= 0.6 is 0 Å². The molecule has 0 fully saturated rings. The van der Waals surface area contributed by atoms with Crippen LogP contribution in [0.15, 0.2) is 47.5 Å². The Kier molecular flexibility index (Phi) is 10.7. The molecule has 0 spiro atoms. The second kappa shape index (κ2) is 14.2. The molecule has 1 amide bonds. The molecule has 3 unspecified atom stereocenters. The summed E-state index contributed by atoms with van der Waals surface area (Å²) in [6, 6.07) is 11.2. The molecule has 12 N–H and O–H groups in total. The van der Waals surface area contributed by atoms with Crippen molar-refractivity contribution >= 4 is 34.4 Å². The summed E-state index contributed by atoms with van der Waals surface area (Å²) in [4.78, 5) is 28.8. The van der Waals surface area contributed by atoms with Gasteiger partial charge in [-0.1, -0.05) is 12.1 Å². The first-order chi connectivity index (χ1) is 19.0. The fraction of sp³-hybridized carbons (Fsp3) is 0.320. The highest BCUT2D eigenvalue weighted by molar-refractivity contribution is 5.94. The first kappa shape index (κ1) is 30.3. The van der Waals surface area contributed by atoms with Gasteiger partial charge in [-0.05, 0) is 24.3 Å². The number of β-amino-alcohol motifs (C(OH)–C–C–N with tert-alkyl or cyclic N) is 1. The van der Waals surface area contributed by atoms with Gasteiger partial charge in [-0.15, -0.1) is 0 Å². The number of hydrogen-bond acceptors (Lipinski definition) is 11. The number of hydrogen-bond donors (Lipinski definition) is 11. The molecule has 4 rings (SSSR count). The number of phenols is 1. The number of para-hydroxylation sites is 1. The zero-order valence-corrected chi connectivity index (χ0v) is 21.3. The van der Waals surface area contributed by atoms with Gasteiger partial charge in [-0.3, -0.25) is 19.9 Å². The number of aromatic amines is 1. The topological polar surface area (TPSA) is 238 Å². The highest BCUT2D eigenvalue weighted by Crippen LogP contribution is 2.24. The van der Waals surface area contributed by atoms with Gasteiger partial charge in [-0.2, -0.15) is 0 Å². The number of anilines is 1. The molecule has 2 heterocycles. The van der Waals surface area contributed by atoms with Crippen molar-refractivity contribution in [2.75, 3.05) is 31.5 Å². The molecule has 15 heteroatoms. The van der Waals surface area contributed by atoms with Crippen LogP contribution in [0.2, 0.25) is 0 Å². The number of phenolic OH excluding ortho intramolecular Hbond substituents is 1. The number of carbonyl (C=O) groups is 2. The first-order valence-corrected chi connectivity index (χ1v) is 12.2. The second-order valence-electron chi connectivity index (χ2n) is 8.78. The number of H-pyrrole nitrogens is 1. The number of aromatic hydroxyl groups is 1. The van der Waals surface area contributed by atoms with Crippen LogP contribution in [0.1, 0.15) is 30.1 Å². The number of aromatic nitrogens is 1. The number of amides is 1. The number of carbonyl (C=O) groups excluding carboxylic acids is 1. The third kappa shape index (κ3) is 8.89. The summed E-state index contributed by atoms with van der Waals surface area (Å²) in [5, 5.41) is 58.2. The van der Waals surface area contributed by atoms with Gasteiger partial charge in [0, 0.05) is 41.3 Å². The second-order valence-corrected chi connectivity index (χ2v) is 8.78. The number of nitrogens with one attached hydrogen (secondary N) is 5. The van der Waals surface area contributed by atoms with Gasteiger partial charge in [0.25, 0.3) is 0 Å². The Balaban J connectivity index is 0.000000281. The Morgan fingerprint density at radius 2 is 1.95 bits per heavy atom. The average molecular weight is 562 g/mol.